The Hall–Kier alpha value is -2.10. The molecule has 0 unspecified atom stereocenters. The zero-order valence-corrected chi connectivity index (χ0v) is 11.8. The molecular formula is C12H19N5O2. The maximum Gasteiger partial charge on any atom is 0.406 e. The van der Waals surface area contributed by atoms with Crippen LogP contribution in [0.25, 0.3) is 0 Å². The molecule has 0 atom stereocenters. The summed E-state index contributed by atoms with van der Waals surface area (Å²) < 4.78 is 1.71. The molecule has 0 aliphatic heterocycles. The van der Waals surface area contributed by atoms with Crippen LogP contribution in [-0.4, -0.2) is 27.6 Å². The summed E-state index contributed by atoms with van der Waals surface area (Å²) in [6, 6.07) is 2.07. The van der Waals surface area contributed by atoms with Crippen LogP contribution in [0, 0.1) is 34.3 Å². The van der Waals surface area contributed by atoms with Crippen molar-refractivity contribution < 1.29 is 4.92 Å². The summed E-state index contributed by atoms with van der Waals surface area (Å²) in [5, 5.41) is 19.8. The van der Waals surface area contributed by atoms with E-state index in [4.69, 9.17) is 5.26 Å². The largest absolute Gasteiger partial charge is 0.406 e. The van der Waals surface area contributed by atoms with Gasteiger partial charge in [0, 0.05) is 27.1 Å². The molecule has 0 aliphatic rings. The molecule has 0 aromatic carbocycles. The lowest BCUT2D eigenvalue weighted by atomic mass is 10.2. The van der Waals surface area contributed by atoms with E-state index in [9.17, 15) is 10.1 Å². The Balaban J connectivity index is 3.20. The van der Waals surface area contributed by atoms with E-state index in [1.54, 1.807) is 18.5 Å². The van der Waals surface area contributed by atoms with Gasteiger partial charge >= 0.3 is 5.82 Å². The Labute approximate surface area is 112 Å². The lowest BCUT2D eigenvalue weighted by Gasteiger charge is -2.24. The highest BCUT2D eigenvalue weighted by molar-refractivity contribution is 5.56. The number of aromatic nitrogens is 2. The minimum Gasteiger partial charge on any atom is -0.358 e. The minimum atomic E-state index is -0.470. The second-order valence-corrected chi connectivity index (χ2v) is 4.87. The quantitative estimate of drug-likeness (QED) is 0.580. The Kier molecular flexibility index (Phi) is 4.87. The van der Waals surface area contributed by atoms with E-state index in [2.05, 4.69) is 11.1 Å². The molecule has 19 heavy (non-hydrogen) atoms. The standard InChI is InChI=1S/C12H19N5O2/c1-9(2)8-16(7-5-6-13)12-11(17(18)19)14-10(3)15(12)4/h9H,5,7-8H2,1-4H3. The molecule has 0 fully saturated rings. The van der Waals surface area contributed by atoms with Gasteiger partial charge in [-0.25, -0.2) is 0 Å². The number of nitrogens with zero attached hydrogens (tertiary/aromatic N) is 5. The monoisotopic (exact) mass is 265 g/mol. The smallest absolute Gasteiger partial charge is 0.358 e. The van der Waals surface area contributed by atoms with Crippen LogP contribution in [0.3, 0.4) is 0 Å². The maximum atomic E-state index is 11.1. The third-order valence-electron chi connectivity index (χ3n) is 2.82. The Morgan fingerprint density at radius 2 is 2.21 bits per heavy atom. The molecule has 7 heteroatoms. The number of hydrogen-bond donors (Lipinski definition) is 0. The summed E-state index contributed by atoms with van der Waals surface area (Å²) in [5.74, 6) is 1.27. The van der Waals surface area contributed by atoms with Crippen LogP contribution >= 0.6 is 0 Å². The summed E-state index contributed by atoms with van der Waals surface area (Å²) in [6.07, 6.45) is 0.327. The van der Waals surface area contributed by atoms with Gasteiger partial charge in [-0.2, -0.15) is 5.26 Å². The molecule has 0 radical (unpaired) electrons. The second kappa shape index (κ2) is 6.18. The topological polar surface area (TPSA) is 88.0 Å². The summed E-state index contributed by atoms with van der Waals surface area (Å²) in [7, 11) is 1.75. The van der Waals surface area contributed by atoms with Crippen LogP contribution in [0.5, 0.6) is 0 Å². The average molecular weight is 265 g/mol. The second-order valence-electron chi connectivity index (χ2n) is 4.87. The Bertz CT molecular complexity index is 501. The lowest BCUT2D eigenvalue weighted by Crippen LogP contribution is -2.30. The van der Waals surface area contributed by atoms with Crippen molar-refractivity contribution in [2.24, 2.45) is 13.0 Å². The summed E-state index contributed by atoms with van der Waals surface area (Å²) in [6.45, 7) is 6.92. The van der Waals surface area contributed by atoms with Gasteiger partial charge in [-0.05, 0) is 15.8 Å². The fourth-order valence-electron chi connectivity index (χ4n) is 1.97. The van der Waals surface area contributed by atoms with Gasteiger partial charge < -0.3 is 15.0 Å². The number of nitro groups is 1. The molecule has 1 aromatic rings. The van der Waals surface area contributed by atoms with Gasteiger partial charge in [0.15, 0.2) is 0 Å². The van der Waals surface area contributed by atoms with E-state index in [1.807, 2.05) is 18.7 Å². The van der Waals surface area contributed by atoms with E-state index in [0.29, 0.717) is 37.1 Å². The molecule has 0 amide bonds. The van der Waals surface area contributed by atoms with Crippen molar-refractivity contribution in [3.05, 3.63) is 15.9 Å². The first kappa shape index (κ1) is 15.0. The SMILES string of the molecule is Cc1nc([N+](=O)[O-])c(N(CCC#N)CC(C)C)n1C. The molecule has 0 N–H and O–H groups in total. The molecule has 0 aliphatic carbocycles. The molecular weight excluding hydrogens is 246 g/mol. The van der Waals surface area contributed by atoms with Gasteiger partial charge in [0.1, 0.15) is 0 Å². The fraction of sp³-hybridized carbons (Fsp3) is 0.667. The van der Waals surface area contributed by atoms with Crippen LogP contribution < -0.4 is 4.90 Å². The molecule has 7 nitrogen and oxygen atoms in total. The van der Waals surface area contributed by atoms with Gasteiger partial charge in [0.2, 0.25) is 11.6 Å². The van der Waals surface area contributed by atoms with Crippen LogP contribution in [0.15, 0.2) is 0 Å². The van der Waals surface area contributed by atoms with Gasteiger partial charge in [-0.3, -0.25) is 4.57 Å². The third-order valence-corrected chi connectivity index (χ3v) is 2.82. The first-order valence-electron chi connectivity index (χ1n) is 6.18. The van der Waals surface area contributed by atoms with Crippen molar-refractivity contribution in [3.63, 3.8) is 0 Å². The van der Waals surface area contributed by atoms with Crippen LogP contribution in [0.4, 0.5) is 11.6 Å². The molecule has 1 heterocycles. The number of aryl methyl sites for hydroxylation is 1. The average Bonchev–Trinajstić information content (AvgIpc) is 2.61. The van der Waals surface area contributed by atoms with Gasteiger partial charge in [-0.1, -0.05) is 13.8 Å². The Morgan fingerprint density at radius 1 is 1.58 bits per heavy atom. The molecule has 1 aromatic heterocycles. The predicted octanol–water partition coefficient (Wildman–Crippen LogP) is 2.01. The highest BCUT2D eigenvalue weighted by Gasteiger charge is 2.28. The van der Waals surface area contributed by atoms with Crippen LogP contribution in [-0.2, 0) is 7.05 Å². The molecule has 0 saturated heterocycles. The van der Waals surface area contributed by atoms with E-state index in [0.717, 1.165) is 0 Å². The van der Waals surface area contributed by atoms with Crippen LogP contribution in [0.2, 0.25) is 0 Å². The number of nitriles is 1. The first-order valence-corrected chi connectivity index (χ1v) is 6.18. The number of anilines is 1. The van der Waals surface area contributed by atoms with E-state index in [-0.39, 0.29) is 5.82 Å². The van der Waals surface area contributed by atoms with E-state index in [1.165, 1.54) is 0 Å². The molecule has 1 rings (SSSR count). The van der Waals surface area contributed by atoms with Gasteiger partial charge in [0.25, 0.3) is 0 Å². The normalized spacial score (nSPS) is 10.5. The predicted molar refractivity (Wildman–Crippen MR) is 71.9 cm³/mol. The lowest BCUT2D eigenvalue weighted by molar-refractivity contribution is -0.388. The van der Waals surface area contributed by atoms with Crippen molar-refractivity contribution in [1.29, 1.82) is 5.26 Å². The number of imidazole rings is 1. The Morgan fingerprint density at radius 3 is 2.68 bits per heavy atom. The minimum absolute atomic E-state index is 0.140. The maximum absolute atomic E-state index is 11.1. The van der Waals surface area contributed by atoms with E-state index < -0.39 is 4.92 Å². The first-order chi connectivity index (χ1) is 8.88. The molecule has 0 saturated carbocycles. The number of rotatable bonds is 6. The zero-order valence-electron chi connectivity index (χ0n) is 11.8. The molecule has 0 bridgehead atoms. The van der Waals surface area contributed by atoms with Crippen molar-refractivity contribution >= 4 is 11.6 Å². The van der Waals surface area contributed by atoms with Crippen LogP contribution in [0.1, 0.15) is 26.1 Å². The highest BCUT2D eigenvalue weighted by atomic mass is 16.6. The highest BCUT2D eigenvalue weighted by Crippen LogP contribution is 2.28. The summed E-state index contributed by atoms with van der Waals surface area (Å²) >= 11 is 0. The summed E-state index contributed by atoms with van der Waals surface area (Å²) in [4.78, 5) is 16.5. The van der Waals surface area contributed by atoms with Crippen molar-refractivity contribution in [2.45, 2.75) is 27.2 Å². The van der Waals surface area contributed by atoms with E-state index >= 15 is 0 Å². The fourth-order valence-corrected chi connectivity index (χ4v) is 1.97. The number of hydrogen-bond acceptors (Lipinski definition) is 5. The molecule has 0 spiro atoms. The van der Waals surface area contributed by atoms with Gasteiger partial charge in [0.05, 0.1) is 12.5 Å². The third kappa shape index (κ3) is 3.44. The van der Waals surface area contributed by atoms with Crippen molar-refractivity contribution in [3.8, 4) is 6.07 Å². The zero-order chi connectivity index (χ0) is 14.6. The van der Waals surface area contributed by atoms with Crippen molar-refractivity contribution in [2.75, 3.05) is 18.0 Å². The summed E-state index contributed by atoms with van der Waals surface area (Å²) in [5.41, 5.74) is 0. The van der Waals surface area contributed by atoms with Crippen molar-refractivity contribution in [1.82, 2.24) is 9.55 Å². The molecule has 104 valence electrons. The van der Waals surface area contributed by atoms with Gasteiger partial charge in [-0.15, -0.1) is 0 Å².